The molecule has 0 saturated carbocycles. The second kappa shape index (κ2) is 19.9. The van der Waals surface area contributed by atoms with Gasteiger partial charge in [-0.3, -0.25) is 0 Å². The molecule has 4 nitrogen and oxygen atoms in total. The van der Waals surface area contributed by atoms with E-state index in [0.717, 1.165) is 6.42 Å². The number of aromatic nitrogens is 4. The van der Waals surface area contributed by atoms with Crippen LogP contribution in [-0.2, 0) is 14.1 Å². The molecule has 0 aliphatic rings. The molecule has 0 aromatic carbocycles. The average molecular weight is 348 g/mol. The van der Waals surface area contributed by atoms with Gasteiger partial charge in [0.2, 0.25) is 5.28 Å². The minimum Gasteiger partial charge on any atom is -0.343 e. The van der Waals surface area contributed by atoms with E-state index in [1.807, 2.05) is 24.9 Å². The Kier molecular flexibility index (Phi) is 24.5. The number of rotatable bonds is 1. The molecule has 0 bridgehead atoms. The van der Waals surface area contributed by atoms with Gasteiger partial charge in [0.15, 0.2) is 0 Å². The molecule has 2 aromatic heterocycles. The Hall–Kier alpha value is -0.113. The Morgan fingerprint density at radius 3 is 1.81 bits per heavy atom. The summed E-state index contributed by atoms with van der Waals surface area (Å²) in [4.78, 5) is 7.53. The van der Waals surface area contributed by atoms with Crippen molar-refractivity contribution in [2.45, 2.75) is 19.8 Å². The van der Waals surface area contributed by atoms with Crippen LogP contribution in [0.3, 0.4) is 0 Å². The molecule has 21 heavy (non-hydrogen) atoms. The van der Waals surface area contributed by atoms with Gasteiger partial charge in [-0.05, 0) is 11.6 Å². The summed E-state index contributed by atoms with van der Waals surface area (Å²) in [7, 11) is 3.78. The first-order chi connectivity index (χ1) is 9.53. The van der Waals surface area contributed by atoms with Gasteiger partial charge in [-0.25, -0.2) is 9.97 Å². The standard InChI is InChI=1S/C4H5ClN2.C4H6N2.C4H9.CH2Cl2.Li/c1-7-3-2-6-4(7)5;1-6-3-2-5-4-6;1-3-4-2;2-1-3;/h2-3H,1H3;2-4H,1H3;1,3-4H2,2H3;1H2;/q;;-1;;+1. The van der Waals surface area contributed by atoms with Gasteiger partial charge >= 0.3 is 18.9 Å². The molecule has 8 heteroatoms. The maximum atomic E-state index is 5.48. The molecule has 2 rings (SSSR count). The van der Waals surface area contributed by atoms with E-state index in [0.29, 0.717) is 5.28 Å². The molecule has 0 spiro atoms. The van der Waals surface area contributed by atoms with Gasteiger partial charge in [0, 0.05) is 38.9 Å². The van der Waals surface area contributed by atoms with Crippen LogP contribution in [0, 0.1) is 6.92 Å². The molecule has 0 atom stereocenters. The van der Waals surface area contributed by atoms with Crippen molar-refractivity contribution in [3.63, 3.8) is 0 Å². The van der Waals surface area contributed by atoms with E-state index in [2.05, 4.69) is 23.8 Å². The van der Waals surface area contributed by atoms with Crippen molar-refractivity contribution in [3.8, 4) is 0 Å². The molecule has 0 unspecified atom stereocenters. The van der Waals surface area contributed by atoms with Gasteiger partial charge in [0.1, 0.15) is 0 Å². The molecule has 2 aromatic rings. The van der Waals surface area contributed by atoms with Crippen LogP contribution in [0.1, 0.15) is 19.8 Å². The zero-order valence-electron chi connectivity index (χ0n) is 13.1. The van der Waals surface area contributed by atoms with E-state index in [9.17, 15) is 0 Å². The summed E-state index contributed by atoms with van der Waals surface area (Å²) in [6.45, 7) is 5.72. The fraction of sp³-hybridized carbons (Fsp3) is 0.462. The van der Waals surface area contributed by atoms with E-state index >= 15 is 0 Å². The summed E-state index contributed by atoms with van der Waals surface area (Å²) in [5.74, 6) is 0. The summed E-state index contributed by atoms with van der Waals surface area (Å²) in [5.41, 5.74) is 0. The Balaban J connectivity index is -0.000000214. The third kappa shape index (κ3) is 19.9. The number of imidazole rings is 2. The van der Waals surface area contributed by atoms with Gasteiger partial charge in [-0.2, -0.15) is 6.42 Å². The van der Waals surface area contributed by atoms with Crippen LogP contribution >= 0.6 is 34.8 Å². The Morgan fingerprint density at radius 2 is 1.71 bits per heavy atom. The van der Waals surface area contributed by atoms with Gasteiger partial charge in [-0.15, -0.1) is 23.2 Å². The van der Waals surface area contributed by atoms with E-state index < -0.39 is 0 Å². The monoisotopic (exact) mass is 346 g/mol. The van der Waals surface area contributed by atoms with Gasteiger partial charge < -0.3 is 16.1 Å². The van der Waals surface area contributed by atoms with Gasteiger partial charge in [0.25, 0.3) is 0 Å². The molecule has 0 aliphatic carbocycles. The van der Waals surface area contributed by atoms with Crippen molar-refractivity contribution in [1.29, 1.82) is 0 Å². The summed E-state index contributed by atoms with van der Waals surface area (Å²) >= 11 is 15.0. The molecular weight excluding hydrogens is 325 g/mol. The number of unbranched alkanes of at least 4 members (excludes halogenated alkanes) is 1. The zero-order valence-corrected chi connectivity index (χ0v) is 15.4. The van der Waals surface area contributed by atoms with Gasteiger partial charge in [0.05, 0.1) is 11.7 Å². The Morgan fingerprint density at radius 1 is 1.19 bits per heavy atom. The molecule has 0 fully saturated rings. The number of aryl methyl sites for hydroxylation is 2. The molecule has 116 valence electrons. The number of halogens is 3. The van der Waals surface area contributed by atoms with Crippen LogP contribution in [0.4, 0.5) is 0 Å². The van der Waals surface area contributed by atoms with Crippen molar-refractivity contribution in [2.75, 3.05) is 5.34 Å². The van der Waals surface area contributed by atoms with E-state index in [1.165, 1.54) is 6.42 Å². The van der Waals surface area contributed by atoms with Crippen LogP contribution in [0.2, 0.25) is 5.28 Å². The van der Waals surface area contributed by atoms with Crippen molar-refractivity contribution in [2.24, 2.45) is 14.1 Å². The first kappa shape index (κ1) is 25.8. The third-order valence-corrected chi connectivity index (χ3v) is 2.12. The van der Waals surface area contributed by atoms with Crippen molar-refractivity contribution >= 4 is 34.8 Å². The number of alkyl halides is 2. The molecule has 0 saturated heterocycles. The zero-order chi connectivity index (χ0) is 15.8. The fourth-order valence-corrected chi connectivity index (χ4v) is 0.786. The summed E-state index contributed by atoms with van der Waals surface area (Å²) in [6, 6.07) is 0. The second-order valence-corrected chi connectivity index (χ2v) is 4.64. The van der Waals surface area contributed by atoms with E-state index in [-0.39, 0.29) is 24.2 Å². The van der Waals surface area contributed by atoms with Crippen LogP contribution in [-0.4, -0.2) is 24.4 Å². The minimum atomic E-state index is 0. The second-order valence-electron chi connectivity index (χ2n) is 3.49. The van der Waals surface area contributed by atoms with Crippen molar-refractivity contribution in [3.05, 3.63) is 43.3 Å². The SMILES string of the molecule is ClCCl.Cn1ccnc1.Cn1ccnc1Cl.[CH2-]CCC.[Li+]. The van der Waals surface area contributed by atoms with Crippen LogP contribution in [0.15, 0.2) is 31.1 Å². The van der Waals surface area contributed by atoms with Crippen molar-refractivity contribution in [1.82, 2.24) is 19.1 Å². The number of hydrogen-bond acceptors (Lipinski definition) is 2. The van der Waals surface area contributed by atoms with Gasteiger partial charge in [-0.1, -0.05) is 13.3 Å². The van der Waals surface area contributed by atoms with E-state index in [1.54, 1.807) is 29.5 Å². The summed E-state index contributed by atoms with van der Waals surface area (Å²) < 4.78 is 3.63. The molecule has 0 aliphatic heterocycles. The predicted molar refractivity (Wildman–Crippen MR) is 88.3 cm³/mol. The normalized spacial score (nSPS) is 7.95. The smallest absolute Gasteiger partial charge is 0.343 e. The molecule has 0 radical (unpaired) electrons. The van der Waals surface area contributed by atoms with Crippen LogP contribution in [0.5, 0.6) is 0 Å². The molecule has 0 N–H and O–H groups in total. The fourth-order valence-electron chi connectivity index (χ4n) is 0.673. The molecular formula is C13H22Cl3LiN4. The van der Waals surface area contributed by atoms with Crippen LogP contribution in [0.25, 0.3) is 0 Å². The topological polar surface area (TPSA) is 35.6 Å². The average Bonchev–Trinajstić information content (AvgIpc) is 3.04. The first-order valence-corrected chi connectivity index (χ1v) is 7.44. The number of hydrogen-bond donors (Lipinski definition) is 0. The van der Waals surface area contributed by atoms with Crippen LogP contribution < -0.4 is 18.9 Å². The third-order valence-electron chi connectivity index (χ3n) is 1.75. The quantitative estimate of drug-likeness (QED) is 0.446. The first-order valence-electron chi connectivity index (χ1n) is 5.99. The Labute approximate surface area is 155 Å². The maximum Gasteiger partial charge on any atom is 1.00 e. The minimum absolute atomic E-state index is 0. The summed E-state index contributed by atoms with van der Waals surface area (Å²) in [6.07, 6.45) is 11.1. The van der Waals surface area contributed by atoms with E-state index in [4.69, 9.17) is 34.8 Å². The number of nitrogens with zero attached hydrogens (tertiary/aromatic N) is 4. The Bertz CT molecular complexity index is 375. The predicted octanol–water partition coefficient (Wildman–Crippen LogP) is 1.54. The van der Waals surface area contributed by atoms with Crippen molar-refractivity contribution < 1.29 is 18.9 Å². The summed E-state index contributed by atoms with van der Waals surface area (Å²) in [5, 5.41) is 0.722. The maximum absolute atomic E-state index is 5.48. The largest absolute Gasteiger partial charge is 1.00 e. The molecule has 0 amide bonds. The molecule has 2 heterocycles.